The first-order valence-electron chi connectivity index (χ1n) is 10.5. The molecule has 0 aliphatic heterocycles. The fourth-order valence-electron chi connectivity index (χ4n) is 4.29. The molecule has 35 heavy (non-hydrogen) atoms. The Bertz CT molecular complexity index is 1630. The van der Waals surface area contributed by atoms with E-state index in [0.29, 0.717) is 17.5 Å². The van der Waals surface area contributed by atoms with E-state index in [-0.39, 0.29) is 41.9 Å². The zero-order valence-corrected chi connectivity index (χ0v) is 18.7. The molecule has 12 heteroatoms. The van der Waals surface area contributed by atoms with Gasteiger partial charge in [0.05, 0.1) is 12.1 Å². The number of nitrogens with one attached hydrogen (secondary N) is 1. The van der Waals surface area contributed by atoms with Gasteiger partial charge < -0.3 is 4.42 Å². The highest BCUT2D eigenvalue weighted by molar-refractivity contribution is 7.92. The van der Waals surface area contributed by atoms with Crippen LogP contribution >= 0.6 is 0 Å². The number of fused-ring (bicyclic) bond motifs is 2. The van der Waals surface area contributed by atoms with Crippen LogP contribution in [0.4, 0.5) is 23.4 Å². The summed E-state index contributed by atoms with van der Waals surface area (Å²) in [6, 6.07) is 9.48. The van der Waals surface area contributed by atoms with Gasteiger partial charge in [-0.05, 0) is 36.1 Å². The van der Waals surface area contributed by atoms with E-state index < -0.39 is 38.4 Å². The molecule has 0 saturated carbocycles. The molecule has 0 spiro atoms. The first-order valence-corrected chi connectivity index (χ1v) is 12.0. The summed E-state index contributed by atoms with van der Waals surface area (Å²) in [6.45, 7) is -0.165. The number of rotatable bonds is 5. The van der Waals surface area contributed by atoms with Crippen molar-refractivity contribution < 1.29 is 30.4 Å². The Labute approximate surface area is 196 Å². The lowest BCUT2D eigenvalue weighted by Gasteiger charge is -2.27. The van der Waals surface area contributed by atoms with E-state index in [0.717, 1.165) is 22.8 Å². The van der Waals surface area contributed by atoms with Crippen molar-refractivity contribution in [1.82, 2.24) is 9.55 Å². The lowest BCUT2D eigenvalue weighted by Crippen LogP contribution is -2.23. The number of anilines is 1. The molecule has 2 aromatic heterocycles. The third-order valence-corrected chi connectivity index (χ3v) is 7.25. The van der Waals surface area contributed by atoms with Crippen LogP contribution in [0.5, 0.6) is 0 Å². The van der Waals surface area contributed by atoms with Crippen LogP contribution in [0.15, 0.2) is 62.6 Å². The maximum atomic E-state index is 14.9. The van der Waals surface area contributed by atoms with Crippen molar-refractivity contribution in [1.29, 1.82) is 0 Å². The molecule has 0 radical (unpaired) electrons. The van der Waals surface area contributed by atoms with Gasteiger partial charge in [-0.2, -0.15) is 4.39 Å². The van der Waals surface area contributed by atoms with Gasteiger partial charge in [-0.3, -0.25) is 9.29 Å². The molecule has 0 saturated heterocycles. The number of aromatic nitrogens is 2. The largest absolute Gasteiger partial charge is 0.420 e. The van der Waals surface area contributed by atoms with E-state index in [1.165, 1.54) is 24.3 Å². The molecule has 1 aliphatic carbocycles. The van der Waals surface area contributed by atoms with E-state index in [2.05, 4.69) is 4.98 Å². The highest BCUT2D eigenvalue weighted by Gasteiger charge is 2.37. The molecule has 2 aromatic carbocycles. The Morgan fingerprint density at radius 3 is 2.66 bits per heavy atom. The fraction of sp³-hybridized carbons (Fsp3) is 0.217. The lowest BCUT2D eigenvalue weighted by molar-refractivity contribution is -0.0218. The zero-order chi connectivity index (χ0) is 25.0. The van der Waals surface area contributed by atoms with Gasteiger partial charge in [-0.1, -0.05) is 24.3 Å². The third kappa shape index (κ3) is 4.18. The Hall–Kier alpha value is -3.67. The van der Waals surface area contributed by atoms with Crippen molar-refractivity contribution in [3.63, 3.8) is 0 Å². The minimum atomic E-state index is -4.55. The van der Waals surface area contributed by atoms with Crippen LogP contribution in [0.25, 0.3) is 11.1 Å². The number of alkyl halides is 2. The number of hydrogen-bond acceptors (Lipinski definition) is 5. The van der Waals surface area contributed by atoms with Crippen LogP contribution < -0.4 is 10.5 Å². The number of halogens is 4. The van der Waals surface area contributed by atoms with Gasteiger partial charge in [0, 0.05) is 24.1 Å². The van der Waals surface area contributed by atoms with Crippen LogP contribution in [-0.4, -0.2) is 18.0 Å². The summed E-state index contributed by atoms with van der Waals surface area (Å²) < 4.78 is 90.4. The summed E-state index contributed by atoms with van der Waals surface area (Å²) in [4.78, 5) is 15.1. The second-order valence-electron chi connectivity index (χ2n) is 8.16. The highest BCUT2D eigenvalue weighted by atomic mass is 32.2. The number of hydrogen-bond donors (Lipinski definition) is 1. The molecule has 0 amide bonds. The van der Waals surface area contributed by atoms with Gasteiger partial charge in [0.1, 0.15) is 16.5 Å². The molecule has 0 fully saturated rings. The number of pyridine rings is 1. The minimum Gasteiger partial charge on any atom is -0.408 e. The van der Waals surface area contributed by atoms with Crippen LogP contribution in [0.2, 0.25) is 0 Å². The van der Waals surface area contributed by atoms with Crippen molar-refractivity contribution >= 4 is 26.9 Å². The summed E-state index contributed by atoms with van der Waals surface area (Å²) in [5.74, 6) is -6.39. The molecule has 2 heterocycles. The number of benzene rings is 2. The van der Waals surface area contributed by atoms with Crippen molar-refractivity contribution in [3.8, 4) is 0 Å². The molecule has 5 rings (SSSR count). The standard InChI is InChI=1S/C23H17F4N3O4S/c24-16-10-17-18(11-19(16)35(32,33)29-21-8-2-7-20(25)28-21)34-22(31)30(17)12-13-4-1-6-15-14(13)5-3-9-23(15,26)27/h1-2,4,6-8,10-11H,3,5,9,12H2,(H,28,29). The molecular weight excluding hydrogens is 490 g/mol. The first kappa shape index (κ1) is 23.1. The summed E-state index contributed by atoms with van der Waals surface area (Å²) in [7, 11) is -4.55. The van der Waals surface area contributed by atoms with Crippen LogP contribution in [0, 0.1) is 11.8 Å². The number of nitrogens with zero attached hydrogens (tertiary/aromatic N) is 2. The summed E-state index contributed by atoms with van der Waals surface area (Å²) in [5, 5.41) is 0. The van der Waals surface area contributed by atoms with Gasteiger partial charge in [0.25, 0.3) is 15.9 Å². The minimum absolute atomic E-state index is 0.0458. The lowest BCUT2D eigenvalue weighted by atomic mass is 9.85. The monoisotopic (exact) mass is 507 g/mol. The van der Waals surface area contributed by atoms with Crippen molar-refractivity contribution in [2.45, 2.75) is 36.6 Å². The Morgan fingerprint density at radius 1 is 1.11 bits per heavy atom. The molecule has 182 valence electrons. The Balaban J connectivity index is 1.54. The average molecular weight is 507 g/mol. The summed E-state index contributed by atoms with van der Waals surface area (Å²) in [5.41, 5.74) is 0.521. The first-order chi connectivity index (χ1) is 16.5. The quantitative estimate of drug-likeness (QED) is 0.316. The summed E-state index contributed by atoms with van der Waals surface area (Å²) in [6.07, 6.45) is 0.420. The van der Waals surface area contributed by atoms with Gasteiger partial charge in [-0.15, -0.1) is 0 Å². The second-order valence-corrected chi connectivity index (χ2v) is 9.81. The average Bonchev–Trinajstić information content (AvgIpc) is 3.07. The zero-order valence-electron chi connectivity index (χ0n) is 17.9. The van der Waals surface area contributed by atoms with Crippen LogP contribution in [0.3, 0.4) is 0 Å². The Kier molecular flexibility index (Phi) is 5.42. The van der Waals surface area contributed by atoms with E-state index in [1.54, 1.807) is 6.07 Å². The SMILES string of the molecule is O=c1oc2cc(S(=O)(=O)Nc3cccc(F)n3)c(F)cc2n1Cc1cccc2c1CCCC2(F)F. The normalized spacial score (nSPS) is 15.2. The van der Waals surface area contributed by atoms with Crippen molar-refractivity contribution in [3.05, 3.63) is 87.5 Å². The maximum absolute atomic E-state index is 14.9. The molecular formula is C23H17F4N3O4S. The van der Waals surface area contributed by atoms with Gasteiger partial charge in [0.2, 0.25) is 5.95 Å². The summed E-state index contributed by atoms with van der Waals surface area (Å²) >= 11 is 0. The van der Waals surface area contributed by atoms with Gasteiger partial charge >= 0.3 is 5.76 Å². The van der Waals surface area contributed by atoms with Gasteiger partial charge in [-0.25, -0.2) is 31.4 Å². The molecule has 4 aromatic rings. The molecule has 1 aliphatic rings. The van der Waals surface area contributed by atoms with Crippen molar-refractivity contribution in [2.24, 2.45) is 0 Å². The molecule has 7 nitrogen and oxygen atoms in total. The van der Waals surface area contributed by atoms with Crippen molar-refractivity contribution in [2.75, 3.05) is 4.72 Å². The Morgan fingerprint density at radius 2 is 1.89 bits per heavy atom. The smallest absolute Gasteiger partial charge is 0.408 e. The highest BCUT2D eigenvalue weighted by Crippen LogP contribution is 2.41. The van der Waals surface area contributed by atoms with E-state index in [1.807, 2.05) is 4.72 Å². The number of oxazole rings is 1. The van der Waals surface area contributed by atoms with E-state index in [4.69, 9.17) is 4.42 Å². The topological polar surface area (TPSA) is 94.2 Å². The van der Waals surface area contributed by atoms with Crippen LogP contribution in [0.1, 0.15) is 29.5 Å². The maximum Gasteiger partial charge on any atom is 0.420 e. The molecule has 1 N–H and O–H groups in total. The van der Waals surface area contributed by atoms with E-state index >= 15 is 0 Å². The molecule has 0 unspecified atom stereocenters. The van der Waals surface area contributed by atoms with Crippen LogP contribution in [-0.2, 0) is 28.9 Å². The predicted molar refractivity (Wildman–Crippen MR) is 118 cm³/mol. The second kappa shape index (κ2) is 8.22. The molecule has 0 bridgehead atoms. The van der Waals surface area contributed by atoms with Gasteiger partial charge in [0.15, 0.2) is 5.58 Å². The fourth-order valence-corrected chi connectivity index (χ4v) is 5.37. The molecule has 0 atom stereocenters. The third-order valence-electron chi connectivity index (χ3n) is 5.88. The predicted octanol–water partition coefficient (Wildman–Crippen LogP) is 4.54. The van der Waals surface area contributed by atoms with E-state index in [9.17, 15) is 30.8 Å². The number of sulfonamides is 1.